The molecule has 32 heavy (non-hydrogen) atoms. The zero-order chi connectivity index (χ0) is 22.8. The molecular weight excluding hydrogens is 410 g/mol. The summed E-state index contributed by atoms with van der Waals surface area (Å²) in [4.78, 5) is 40.8. The number of fused-ring (bicyclic) bond motifs is 1. The summed E-state index contributed by atoms with van der Waals surface area (Å²) in [5, 5.41) is 15.5. The quantitative estimate of drug-likeness (QED) is 0.423. The van der Waals surface area contributed by atoms with Crippen LogP contribution >= 0.6 is 0 Å². The van der Waals surface area contributed by atoms with E-state index >= 15 is 0 Å². The number of hydrazone groups is 1. The molecule has 9 nitrogen and oxygen atoms in total. The number of amides is 2. The highest BCUT2D eigenvalue weighted by Gasteiger charge is 2.31. The van der Waals surface area contributed by atoms with Crippen LogP contribution < -0.4 is 15.9 Å². The molecule has 1 aliphatic heterocycles. The Morgan fingerprint density at radius 3 is 2.34 bits per heavy atom. The van der Waals surface area contributed by atoms with Crippen LogP contribution in [-0.2, 0) is 4.79 Å². The molecule has 4 rings (SSSR count). The second-order valence-corrected chi connectivity index (χ2v) is 7.13. The van der Waals surface area contributed by atoms with Gasteiger partial charge in [0.25, 0.3) is 11.8 Å². The third-order valence-electron chi connectivity index (χ3n) is 4.95. The summed E-state index contributed by atoms with van der Waals surface area (Å²) in [5.74, 6) is -1.51. The molecular formula is C23H19N5O4. The van der Waals surface area contributed by atoms with Crippen LogP contribution in [0.5, 0.6) is 0 Å². The van der Waals surface area contributed by atoms with Gasteiger partial charge in [0, 0.05) is 16.6 Å². The fourth-order valence-corrected chi connectivity index (χ4v) is 3.32. The second kappa shape index (κ2) is 8.31. The molecule has 0 saturated carbocycles. The van der Waals surface area contributed by atoms with E-state index in [0.717, 1.165) is 10.9 Å². The lowest BCUT2D eigenvalue weighted by Gasteiger charge is -2.13. The van der Waals surface area contributed by atoms with Gasteiger partial charge in [-0.25, -0.2) is 9.78 Å². The number of anilines is 1. The van der Waals surface area contributed by atoms with Gasteiger partial charge in [0.2, 0.25) is 0 Å². The molecule has 1 aromatic heterocycles. The number of hydrogen-bond donors (Lipinski definition) is 3. The maximum absolute atomic E-state index is 13.0. The number of aromatic carboxylic acids is 1. The Kier molecular flexibility index (Phi) is 5.38. The fraction of sp³-hybridized carbons (Fsp3) is 0.0870. The molecule has 2 heterocycles. The normalized spacial score (nSPS) is 14.9. The monoisotopic (exact) mass is 429 g/mol. The van der Waals surface area contributed by atoms with Gasteiger partial charge >= 0.3 is 5.97 Å². The number of nitrogens with zero attached hydrogens (tertiary/aromatic N) is 3. The van der Waals surface area contributed by atoms with E-state index in [1.165, 1.54) is 29.3 Å². The first-order valence-electron chi connectivity index (χ1n) is 9.71. The molecule has 3 aromatic rings. The average molecular weight is 429 g/mol. The van der Waals surface area contributed by atoms with Crippen LogP contribution in [0, 0.1) is 0 Å². The fourth-order valence-electron chi connectivity index (χ4n) is 3.32. The van der Waals surface area contributed by atoms with E-state index < -0.39 is 11.9 Å². The topological polar surface area (TPSA) is 124 Å². The highest BCUT2D eigenvalue weighted by Crippen LogP contribution is 2.25. The summed E-state index contributed by atoms with van der Waals surface area (Å²) in [6.45, 7) is 3.35. The zero-order valence-corrected chi connectivity index (χ0v) is 17.3. The minimum Gasteiger partial charge on any atom is -0.478 e. The Morgan fingerprint density at radius 2 is 1.62 bits per heavy atom. The number of nitrogens with one attached hydrogen (secondary N) is 2. The van der Waals surface area contributed by atoms with Gasteiger partial charge in [0.15, 0.2) is 5.82 Å². The van der Waals surface area contributed by atoms with E-state index in [1.807, 2.05) is 30.3 Å². The number of pyridine rings is 1. The number of hydrogen-bond acceptors (Lipinski definition) is 6. The van der Waals surface area contributed by atoms with Crippen molar-refractivity contribution < 1.29 is 19.5 Å². The van der Waals surface area contributed by atoms with E-state index in [2.05, 4.69) is 20.9 Å². The lowest BCUT2D eigenvalue weighted by molar-refractivity contribution is -0.114. The number of carbonyl (C=O) groups excluding carboxylic acids is 2. The number of carboxylic acid groups (broad SMARTS) is 1. The van der Waals surface area contributed by atoms with Crippen LogP contribution in [-0.4, -0.2) is 33.6 Å². The van der Waals surface area contributed by atoms with E-state index in [-0.39, 0.29) is 17.0 Å². The van der Waals surface area contributed by atoms with E-state index in [1.54, 1.807) is 19.9 Å². The molecule has 9 heteroatoms. The van der Waals surface area contributed by atoms with Gasteiger partial charge in [-0.05, 0) is 56.3 Å². The molecule has 0 fully saturated rings. The summed E-state index contributed by atoms with van der Waals surface area (Å²) in [6, 6.07) is 16.7. The van der Waals surface area contributed by atoms with Crippen molar-refractivity contribution in [2.24, 2.45) is 5.10 Å². The first kappa shape index (κ1) is 20.7. The van der Waals surface area contributed by atoms with Crippen LogP contribution in [0.25, 0.3) is 10.9 Å². The van der Waals surface area contributed by atoms with Gasteiger partial charge in [0.05, 0.1) is 22.4 Å². The number of carbonyl (C=O) groups is 3. The zero-order valence-electron chi connectivity index (χ0n) is 17.3. The van der Waals surface area contributed by atoms with Crippen LogP contribution in [0.2, 0.25) is 0 Å². The Labute approximate surface area is 183 Å². The van der Waals surface area contributed by atoms with Crippen molar-refractivity contribution in [3.63, 3.8) is 0 Å². The van der Waals surface area contributed by atoms with E-state index in [0.29, 0.717) is 22.8 Å². The van der Waals surface area contributed by atoms with Crippen molar-refractivity contribution in [1.29, 1.82) is 0 Å². The molecule has 0 spiro atoms. The summed E-state index contributed by atoms with van der Waals surface area (Å²) in [7, 11) is 0. The van der Waals surface area contributed by atoms with Gasteiger partial charge in [-0.1, -0.05) is 18.2 Å². The summed E-state index contributed by atoms with van der Waals surface area (Å²) in [5.41, 5.74) is 7.56. The van der Waals surface area contributed by atoms with Crippen LogP contribution in [0.15, 0.2) is 77.0 Å². The molecule has 2 aromatic carbocycles. The molecule has 160 valence electrons. The Balaban J connectivity index is 1.50. The minimum absolute atomic E-state index is 0.0820. The number of para-hydroxylation sites is 1. The standard InChI is InChI=1S/C23H19N5O4/c1-13(25-26-21(29)16-7-9-17(10-8-16)23(31)32)20-14(2)27-28(22(20)30)19-12-11-15-5-3-4-6-18(15)24-19/h3-12,25H,1-2H3,(H,26,29)(H,31,32)/b20-13-. The van der Waals surface area contributed by atoms with E-state index in [9.17, 15) is 14.4 Å². The molecule has 0 bridgehead atoms. The maximum atomic E-state index is 13.0. The van der Waals surface area contributed by atoms with Gasteiger partial charge in [-0.3, -0.25) is 15.0 Å². The first-order valence-corrected chi connectivity index (χ1v) is 9.71. The second-order valence-electron chi connectivity index (χ2n) is 7.13. The maximum Gasteiger partial charge on any atom is 0.335 e. The van der Waals surface area contributed by atoms with Gasteiger partial charge < -0.3 is 10.5 Å². The third kappa shape index (κ3) is 3.91. The van der Waals surface area contributed by atoms with Gasteiger partial charge in [0.1, 0.15) is 0 Å². The predicted octanol–water partition coefficient (Wildman–Crippen LogP) is 2.86. The summed E-state index contributed by atoms with van der Waals surface area (Å²) < 4.78 is 0. The van der Waals surface area contributed by atoms with Gasteiger partial charge in [-0.2, -0.15) is 10.1 Å². The predicted molar refractivity (Wildman–Crippen MR) is 119 cm³/mol. The number of benzene rings is 2. The molecule has 1 aliphatic rings. The molecule has 0 radical (unpaired) electrons. The lowest BCUT2D eigenvalue weighted by Crippen LogP contribution is -2.37. The first-order chi connectivity index (χ1) is 15.3. The Bertz CT molecular complexity index is 1310. The van der Waals surface area contributed by atoms with Crippen molar-refractivity contribution in [1.82, 2.24) is 15.8 Å². The van der Waals surface area contributed by atoms with Crippen molar-refractivity contribution in [3.8, 4) is 0 Å². The number of allylic oxidation sites excluding steroid dienone is 1. The smallest absolute Gasteiger partial charge is 0.335 e. The molecule has 0 saturated heterocycles. The molecule has 0 atom stereocenters. The van der Waals surface area contributed by atoms with Crippen LogP contribution in [0.3, 0.4) is 0 Å². The number of aromatic nitrogens is 1. The number of hydrazine groups is 1. The lowest BCUT2D eigenvalue weighted by atomic mass is 10.1. The van der Waals surface area contributed by atoms with Crippen LogP contribution in [0.1, 0.15) is 34.6 Å². The van der Waals surface area contributed by atoms with Gasteiger partial charge in [-0.15, -0.1) is 0 Å². The average Bonchev–Trinajstić information content (AvgIpc) is 3.10. The van der Waals surface area contributed by atoms with E-state index in [4.69, 9.17) is 5.11 Å². The highest BCUT2D eigenvalue weighted by atomic mass is 16.4. The SMILES string of the molecule is CC1=NN(c2ccc3ccccc3n2)C(=O)/C1=C(/C)NNC(=O)c1ccc(C(=O)O)cc1. The molecule has 2 amide bonds. The molecule has 3 N–H and O–H groups in total. The van der Waals surface area contributed by atoms with Crippen molar-refractivity contribution in [3.05, 3.63) is 83.1 Å². The number of rotatable bonds is 5. The summed E-state index contributed by atoms with van der Waals surface area (Å²) in [6.07, 6.45) is 0. The summed E-state index contributed by atoms with van der Waals surface area (Å²) >= 11 is 0. The molecule has 0 aliphatic carbocycles. The third-order valence-corrected chi connectivity index (χ3v) is 4.95. The van der Waals surface area contributed by atoms with Crippen LogP contribution in [0.4, 0.5) is 5.82 Å². The minimum atomic E-state index is -1.07. The highest BCUT2D eigenvalue weighted by molar-refractivity contribution is 6.30. The van der Waals surface area contributed by atoms with Crippen molar-refractivity contribution >= 4 is 40.2 Å². The number of carboxylic acids is 1. The van der Waals surface area contributed by atoms with Crippen molar-refractivity contribution in [2.75, 3.05) is 5.01 Å². The molecule has 0 unspecified atom stereocenters. The van der Waals surface area contributed by atoms with Crippen molar-refractivity contribution in [2.45, 2.75) is 13.8 Å². The largest absolute Gasteiger partial charge is 0.478 e. The Morgan fingerprint density at radius 1 is 0.938 bits per heavy atom. The Hall–Kier alpha value is -4.53.